The Morgan fingerprint density at radius 1 is 1.12 bits per heavy atom. The van der Waals surface area contributed by atoms with E-state index in [1.165, 1.54) is 37.8 Å². The van der Waals surface area contributed by atoms with Gasteiger partial charge in [0.1, 0.15) is 5.75 Å². The predicted octanol–water partition coefficient (Wildman–Crippen LogP) is 4.13. The van der Waals surface area contributed by atoms with Crippen molar-refractivity contribution in [1.29, 1.82) is 0 Å². The Bertz CT molecular complexity index is 787. The molecule has 138 valence electrons. The van der Waals surface area contributed by atoms with E-state index in [0.717, 1.165) is 0 Å². The van der Waals surface area contributed by atoms with Crippen LogP contribution in [-0.2, 0) is 4.79 Å². The Balaban J connectivity index is 2.08. The molecule has 0 aromatic heterocycles. The molecule has 0 fully saturated rings. The van der Waals surface area contributed by atoms with E-state index >= 15 is 0 Å². The van der Waals surface area contributed by atoms with Crippen LogP contribution in [0.3, 0.4) is 0 Å². The second kappa shape index (κ2) is 8.33. The number of hydrogen-bond acceptors (Lipinski definition) is 5. The quantitative estimate of drug-likeness (QED) is 0.593. The van der Waals surface area contributed by atoms with E-state index in [-0.39, 0.29) is 11.4 Å². The molecule has 0 aliphatic rings. The number of nitro benzene ring substituents is 1. The van der Waals surface area contributed by atoms with Crippen LogP contribution < -0.4 is 14.8 Å². The summed E-state index contributed by atoms with van der Waals surface area (Å²) < 4.78 is 10.5. The molecule has 0 saturated carbocycles. The monoisotopic (exact) mass is 358 g/mol. The Morgan fingerprint density at radius 3 is 2.31 bits per heavy atom. The number of benzene rings is 2. The third-order valence-electron chi connectivity index (χ3n) is 3.88. The Labute approximate surface area is 152 Å². The molecule has 2 rings (SSSR count). The fourth-order valence-corrected chi connectivity index (χ4v) is 2.31. The minimum atomic E-state index is -0.910. The summed E-state index contributed by atoms with van der Waals surface area (Å²) in [4.78, 5) is 22.9. The van der Waals surface area contributed by atoms with Gasteiger partial charge in [-0.25, -0.2) is 0 Å². The first-order valence-electron chi connectivity index (χ1n) is 8.21. The van der Waals surface area contributed by atoms with Crippen molar-refractivity contribution in [3.63, 3.8) is 0 Å². The zero-order valence-corrected chi connectivity index (χ0v) is 15.2. The Hall–Kier alpha value is -3.09. The van der Waals surface area contributed by atoms with Crippen LogP contribution in [0.4, 0.5) is 11.4 Å². The number of carbonyl (C=O) groups is 1. The second-order valence-electron chi connectivity index (χ2n) is 6.12. The van der Waals surface area contributed by atoms with E-state index in [9.17, 15) is 14.9 Å². The Kier molecular flexibility index (Phi) is 6.16. The zero-order valence-electron chi connectivity index (χ0n) is 15.2. The lowest BCUT2D eigenvalue weighted by atomic mass is 10.0. The van der Waals surface area contributed by atoms with Crippen molar-refractivity contribution >= 4 is 17.3 Å². The molecule has 2 aromatic rings. The van der Waals surface area contributed by atoms with Gasteiger partial charge in [0.2, 0.25) is 0 Å². The van der Waals surface area contributed by atoms with Gasteiger partial charge < -0.3 is 14.8 Å². The highest BCUT2D eigenvalue weighted by atomic mass is 16.6. The first-order chi connectivity index (χ1) is 12.3. The average molecular weight is 358 g/mol. The first kappa shape index (κ1) is 19.2. The van der Waals surface area contributed by atoms with Gasteiger partial charge >= 0.3 is 5.69 Å². The van der Waals surface area contributed by atoms with Crippen molar-refractivity contribution in [3.05, 3.63) is 58.1 Å². The minimum Gasteiger partial charge on any atom is -0.496 e. The van der Waals surface area contributed by atoms with Gasteiger partial charge in [-0.05, 0) is 42.7 Å². The normalized spacial score (nSPS) is 11.7. The molecule has 0 heterocycles. The summed E-state index contributed by atoms with van der Waals surface area (Å²) in [6.07, 6.45) is -0.910. The lowest BCUT2D eigenvalue weighted by molar-refractivity contribution is -0.386. The Morgan fingerprint density at radius 2 is 1.77 bits per heavy atom. The van der Waals surface area contributed by atoms with Crippen molar-refractivity contribution in [2.75, 3.05) is 12.4 Å². The number of anilines is 1. The van der Waals surface area contributed by atoms with Gasteiger partial charge in [0.25, 0.3) is 5.91 Å². The van der Waals surface area contributed by atoms with E-state index in [1.54, 1.807) is 0 Å². The largest absolute Gasteiger partial charge is 0.496 e. The van der Waals surface area contributed by atoms with E-state index in [1.807, 2.05) is 24.3 Å². The van der Waals surface area contributed by atoms with Gasteiger partial charge in [0.15, 0.2) is 11.9 Å². The summed E-state index contributed by atoms with van der Waals surface area (Å²) in [6, 6.07) is 11.7. The molecule has 26 heavy (non-hydrogen) atoms. The number of amides is 1. The molecule has 0 radical (unpaired) electrons. The number of methoxy groups -OCH3 is 1. The van der Waals surface area contributed by atoms with Gasteiger partial charge in [-0.3, -0.25) is 14.9 Å². The van der Waals surface area contributed by atoms with Gasteiger partial charge in [-0.15, -0.1) is 0 Å². The molecule has 0 aliphatic heterocycles. The number of nitro groups is 1. The standard InChI is InChI=1S/C19H22N2O5/c1-12(2)14-5-7-15(8-6-14)20-19(22)13(3)26-18-10-9-16(25-4)11-17(18)21(23)24/h5-13H,1-4H3,(H,20,22)/t13-/m1/s1. The fraction of sp³-hybridized carbons (Fsp3) is 0.316. The molecule has 0 saturated heterocycles. The third kappa shape index (κ3) is 4.72. The summed E-state index contributed by atoms with van der Waals surface area (Å²) in [7, 11) is 1.42. The van der Waals surface area contributed by atoms with Crippen LogP contribution in [0.1, 0.15) is 32.3 Å². The zero-order chi connectivity index (χ0) is 19.3. The van der Waals surface area contributed by atoms with E-state index < -0.39 is 16.9 Å². The maximum Gasteiger partial charge on any atom is 0.314 e. The first-order valence-corrected chi connectivity index (χ1v) is 8.21. The van der Waals surface area contributed by atoms with Crippen LogP contribution in [-0.4, -0.2) is 24.0 Å². The molecule has 0 bridgehead atoms. The van der Waals surface area contributed by atoms with E-state index in [2.05, 4.69) is 19.2 Å². The number of rotatable bonds is 7. The summed E-state index contributed by atoms with van der Waals surface area (Å²) in [5.41, 5.74) is 1.55. The number of carbonyl (C=O) groups excluding carboxylic acids is 1. The maximum absolute atomic E-state index is 12.3. The molecule has 1 N–H and O–H groups in total. The molecule has 1 atom stereocenters. The van der Waals surface area contributed by atoms with Crippen molar-refractivity contribution in [2.45, 2.75) is 32.8 Å². The molecular formula is C19H22N2O5. The number of hydrogen-bond donors (Lipinski definition) is 1. The fourth-order valence-electron chi connectivity index (χ4n) is 2.31. The van der Waals surface area contributed by atoms with Gasteiger partial charge in [0.05, 0.1) is 18.1 Å². The van der Waals surface area contributed by atoms with E-state index in [4.69, 9.17) is 9.47 Å². The second-order valence-corrected chi connectivity index (χ2v) is 6.12. The van der Waals surface area contributed by atoms with Gasteiger partial charge in [-0.2, -0.15) is 0 Å². The summed E-state index contributed by atoms with van der Waals surface area (Å²) >= 11 is 0. The van der Waals surface area contributed by atoms with Crippen molar-refractivity contribution in [3.8, 4) is 11.5 Å². The lowest BCUT2D eigenvalue weighted by Gasteiger charge is -2.15. The van der Waals surface area contributed by atoms with Crippen LogP contribution in [0.2, 0.25) is 0 Å². The highest BCUT2D eigenvalue weighted by Crippen LogP contribution is 2.31. The van der Waals surface area contributed by atoms with E-state index in [0.29, 0.717) is 17.4 Å². The SMILES string of the molecule is COc1ccc(O[C@H](C)C(=O)Nc2ccc(C(C)C)cc2)c([N+](=O)[O-])c1. The maximum atomic E-state index is 12.3. The molecule has 1 amide bonds. The number of nitrogens with zero attached hydrogens (tertiary/aromatic N) is 1. The highest BCUT2D eigenvalue weighted by molar-refractivity contribution is 5.94. The highest BCUT2D eigenvalue weighted by Gasteiger charge is 2.22. The average Bonchev–Trinajstić information content (AvgIpc) is 2.62. The van der Waals surface area contributed by atoms with Crippen LogP contribution in [0.15, 0.2) is 42.5 Å². The van der Waals surface area contributed by atoms with Gasteiger partial charge in [-0.1, -0.05) is 26.0 Å². The topological polar surface area (TPSA) is 90.7 Å². The summed E-state index contributed by atoms with van der Waals surface area (Å²) in [6.45, 7) is 5.71. The molecule has 0 unspecified atom stereocenters. The lowest BCUT2D eigenvalue weighted by Crippen LogP contribution is -2.30. The molecule has 0 aliphatic carbocycles. The molecule has 0 spiro atoms. The van der Waals surface area contributed by atoms with Crippen molar-refractivity contribution in [2.24, 2.45) is 0 Å². The predicted molar refractivity (Wildman–Crippen MR) is 98.9 cm³/mol. The van der Waals surface area contributed by atoms with Crippen molar-refractivity contribution in [1.82, 2.24) is 0 Å². The molecule has 7 heteroatoms. The van der Waals surface area contributed by atoms with Gasteiger partial charge in [0, 0.05) is 5.69 Å². The van der Waals surface area contributed by atoms with Crippen LogP contribution >= 0.6 is 0 Å². The van der Waals surface area contributed by atoms with Crippen LogP contribution in [0, 0.1) is 10.1 Å². The minimum absolute atomic E-state index is 0.00797. The van der Waals surface area contributed by atoms with Crippen LogP contribution in [0.25, 0.3) is 0 Å². The molecule has 2 aromatic carbocycles. The molecular weight excluding hydrogens is 336 g/mol. The summed E-state index contributed by atoms with van der Waals surface area (Å²) in [5.74, 6) is 0.352. The third-order valence-corrected chi connectivity index (χ3v) is 3.88. The summed E-state index contributed by atoms with van der Waals surface area (Å²) in [5, 5.41) is 13.9. The number of nitrogens with one attached hydrogen (secondary N) is 1. The smallest absolute Gasteiger partial charge is 0.314 e. The molecule has 7 nitrogen and oxygen atoms in total. The van der Waals surface area contributed by atoms with Crippen molar-refractivity contribution < 1.29 is 19.2 Å². The number of ether oxygens (including phenoxy) is 2. The van der Waals surface area contributed by atoms with Crippen LogP contribution in [0.5, 0.6) is 11.5 Å².